The second-order valence-corrected chi connectivity index (χ2v) is 3.79. The number of benzene rings is 1. The van der Waals surface area contributed by atoms with Crippen LogP contribution in [-0.2, 0) is 0 Å². The highest BCUT2D eigenvalue weighted by molar-refractivity contribution is 5.63. The van der Waals surface area contributed by atoms with E-state index in [2.05, 4.69) is 19.9 Å². The molecule has 0 radical (unpaired) electrons. The Balaban J connectivity index is 3.28. The summed E-state index contributed by atoms with van der Waals surface area (Å²) in [4.78, 5) is 0. The second kappa shape index (κ2) is 4.18. The van der Waals surface area contributed by atoms with Crippen molar-refractivity contribution in [3.05, 3.63) is 35.1 Å². The first-order chi connectivity index (χ1) is 6.56. The molecule has 0 bridgehead atoms. The Bertz CT molecular complexity index is 354. The fraction of sp³-hybridized carbons (Fsp3) is 0.333. The van der Waals surface area contributed by atoms with Gasteiger partial charge in [-0.2, -0.15) is 0 Å². The molecule has 2 nitrogen and oxygen atoms in total. The molecule has 0 saturated carbocycles. The Kier molecular flexibility index (Phi) is 3.18. The zero-order chi connectivity index (χ0) is 10.7. The highest BCUT2D eigenvalue weighted by Crippen LogP contribution is 2.24. The van der Waals surface area contributed by atoms with Crippen molar-refractivity contribution in [3.63, 3.8) is 0 Å². The summed E-state index contributed by atoms with van der Waals surface area (Å²) in [6.45, 7) is 6.20. The van der Waals surface area contributed by atoms with Gasteiger partial charge >= 0.3 is 0 Å². The Morgan fingerprint density at radius 2 is 2.00 bits per heavy atom. The fourth-order valence-corrected chi connectivity index (χ4v) is 1.37. The summed E-state index contributed by atoms with van der Waals surface area (Å²) in [5.41, 5.74) is 9.85. The zero-order valence-electron chi connectivity index (χ0n) is 8.91. The van der Waals surface area contributed by atoms with Crippen LogP contribution in [0.1, 0.15) is 36.5 Å². The number of hydrogen-bond donors (Lipinski definition) is 2. The quantitative estimate of drug-likeness (QED) is 0.557. The van der Waals surface area contributed by atoms with Crippen LogP contribution in [0.4, 0.5) is 5.69 Å². The molecule has 0 saturated heterocycles. The summed E-state index contributed by atoms with van der Waals surface area (Å²) in [6.07, 6.45) is 2.71. The lowest BCUT2D eigenvalue weighted by Gasteiger charge is -2.11. The maximum absolute atomic E-state index is 8.74. The Morgan fingerprint density at radius 3 is 2.50 bits per heavy atom. The van der Waals surface area contributed by atoms with Gasteiger partial charge in [-0.1, -0.05) is 19.9 Å². The van der Waals surface area contributed by atoms with E-state index in [1.165, 1.54) is 5.56 Å². The lowest BCUT2D eigenvalue weighted by atomic mass is 9.96. The Labute approximate surface area is 85.1 Å². The van der Waals surface area contributed by atoms with Gasteiger partial charge in [0.05, 0.1) is 6.26 Å². The van der Waals surface area contributed by atoms with Gasteiger partial charge < -0.3 is 10.8 Å². The third-order valence-corrected chi connectivity index (χ3v) is 2.43. The van der Waals surface area contributed by atoms with Gasteiger partial charge in [-0.3, -0.25) is 0 Å². The molecule has 0 amide bonds. The van der Waals surface area contributed by atoms with Crippen molar-refractivity contribution in [2.24, 2.45) is 0 Å². The number of nitrogen functional groups attached to an aromatic ring is 1. The van der Waals surface area contributed by atoms with Crippen molar-refractivity contribution in [2.75, 3.05) is 5.73 Å². The van der Waals surface area contributed by atoms with Crippen molar-refractivity contribution >= 4 is 11.8 Å². The smallest absolute Gasteiger partial charge is 0.0797 e. The molecule has 3 N–H and O–H groups in total. The van der Waals surface area contributed by atoms with E-state index in [0.717, 1.165) is 23.1 Å². The molecule has 0 spiro atoms. The lowest BCUT2D eigenvalue weighted by molar-refractivity contribution is 0.478. The normalized spacial score (nSPS) is 11.4. The van der Waals surface area contributed by atoms with Crippen LogP contribution in [-0.4, -0.2) is 5.11 Å². The van der Waals surface area contributed by atoms with E-state index in [4.69, 9.17) is 10.8 Å². The molecule has 0 fully saturated rings. The summed E-state index contributed by atoms with van der Waals surface area (Å²) in [5, 5.41) is 8.74. The molecule has 0 atom stereocenters. The molecule has 0 heterocycles. The standard InChI is InChI=1S/C12H17NO/c1-8(2)11-6-10(4-5-14)9(3)12(13)7-11/h4-8,14H,13H2,1-3H3/b5-4-. The summed E-state index contributed by atoms with van der Waals surface area (Å²) in [7, 11) is 0. The summed E-state index contributed by atoms with van der Waals surface area (Å²) in [6, 6.07) is 4.05. The van der Waals surface area contributed by atoms with Gasteiger partial charge in [-0.05, 0) is 41.7 Å². The number of rotatable bonds is 2. The van der Waals surface area contributed by atoms with Crippen molar-refractivity contribution in [2.45, 2.75) is 26.7 Å². The number of nitrogens with two attached hydrogens (primary N) is 1. The van der Waals surface area contributed by atoms with Crippen LogP contribution in [0, 0.1) is 6.92 Å². The maximum Gasteiger partial charge on any atom is 0.0797 e. The number of aliphatic hydroxyl groups excluding tert-OH is 1. The summed E-state index contributed by atoms with van der Waals surface area (Å²) >= 11 is 0. The van der Waals surface area contributed by atoms with Gasteiger partial charge in [0.1, 0.15) is 0 Å². The SMILES string of the molecule is Cc1c(N)cc(C(C)C)cc1/C=C\O. The zero-order valence-corrected chi connectivity index (χ0v) is 8.91. The Morgan fingerprint density at radius 1 is 1.36 bits per heavy atom. The molecule has 1 aromatic rings. The van der Waals surface area contributed by atoms with E-state index in [-0.39, 0.29) is 0 Å². The van der Waals surface area contributed by atoms with Crippen LogP contribution < -0.4 is 5.73 Å². The highest BCUT2D eigenvalue weighted by Gasteiger charge is 2.05. The monoisotopic (exact) mass is 191 g/mol. The molecule has 0 aliphatic carbocycles. The minimum Gasteiger partial charge on any atom is -0.516 e. The van der Waals surface area contributed by atoms with E-state index in [9.17, 15) is 0 Å². The van der Waals surface area contributed by atoms with Gasteiger partial charge in [0.25, 0.3) is 0 Å². The topological polar surface area (TPSA) is 46.2 Å². The largest absolute Gasteiger partial charge is 0.516 e. The molecule has 2 heteroatoms. The molecule has 0 aliphatic heterocycles. The first-order valence-electron chi connectivity index (χ1n) is 4.77. The molecule has 14 heavy (non-hydrogen) atoms. The summed E-state index contributed by atoms with van der Waals surface area (Å²) < 4.78 is 0. The molecule has 0 aromatic heterocycles. The highest BCUT2D eigenvalue weighted by atomic mass is 16.2. The third kappa shape index (κ3) is 2.08. The van der Waals surface area contributed by atoms with Crippen molar-refractivity contribution in [1.82, 2.24) is 0 Å². The van der Waals surface area contributed by atoms with Crippen molar-refractivity contribution in [3.8, 4) is 0 Å². The molecule has 1 aromatic carbocycles. The van der Waals surface area contributed by atoms with Crippen LogP contribution in [0.2, 0.25) is 0 Å². The minimum absolute atomic E-state index is 0.448. The fourth-order valence-electron chi connectivity index (χ4n) is 1.37. The summed E-state index contributed by atoms with van der Waals surface area (Å²) in [5.74, 6) is 0.448. The number of aliphatic hydroxyl groups is 1. The average molecular weight is 191 g/mol. The molecule has 76 valence electrons. The van der Waals surface area contributed by atoms with Gasteiger partial charge in [-0.25, -0.2) is 0 Å². The van der Waals surface area contributed by atoms with Gasteiger partial charge in [0.15, 0.2) is 0 Å². The second-order valence-electron chi connectivity index (χ2n) is 3.79. The van der Waals surface area contributed by atoms with E-state index >= 15 is 0 Å². The van der Waals surface area contributed by atoms with E-state index in [0.29, 0.717) is 5.92 Å². The van der Waals surface area contributed by atoms with Gasteiger partial charge in [0.2, 0.25) is 0 Å². The van der Waals surface area contributed by atoms with Gasteiger partial charge in [-0.15, -0.1) is 0 Å². The van der Waals surface area contributed by atoms with Crippen molar-refractivity contribution < 1.29 is 5.11 Å². The average Bonchev–Trinajstić information content (AvgIpc) is 2.12. The minimum atomic E-state index is 0.448. The first-order valence-corrected chi connectivity index (χ1v) is 4.77. The predicted molar refractivity (Wildman–Crippen MR) is 61.3 cm³/mol. The number of anilines is 1. The molecular formula is C12H17NO. The van der Waals surface area contributed by atoms with Crippen LogP contribution >= 0.6 is 0 Å². The van der Waals surface area contributed by atoms with E-state index in [1.807, 2.05) is 13.0 Å². The van der Waals surface area contributed by atoms with Crippen molar-refractivity contribution in [1.29, 1.82) is 0 Å². The lowest BCUT2D eigenvalue weighted by Crippen LogP contribution is -1.97. The maximum atomic E-state index is 8.74. The molecule has 0 unspecified atom stereocenters. The van der Waals surface area contributed by atoms with Crippen LogP contribution in [0.25, 0.3) is 6.08 Å². The van der Waals surface area contributed by atoms with E-state index < -0.39 is 0 Å². The Hall–Kier alpha value is -1.44. The first kappa shape index (κ1) is 10.6. The predicted octanol–water partition coefficient (Wildman–Crippen LogP) is 3.23. The molecule has 1 rings (SSSR count). The molecular weight excluding hydrogens is 174 g/mol. The third-order valence-electron chi connectivity index (χ3n) is 2.43. The van der Waals surface area contributed by atoms with Crippen LogP contribution in [0.5, 0.6) is 0 Å². The van der Waals surface area contributed by atoms with Gasteiger partial charge in [0, 0.05) is 5.69 Å². The van der Waals surface area contributed by atoms with Crippen LogP contribution in [0.3, 0.4) is 0 Å². The van der Waals surface area contributed by atoms with E-state index in [1.54, 1.807) is 6.08 Å². The molecule has 0 aliphatic rings. The number of hydrogen-bond acceptors (Lipinski definition) is 2. The van der Waals surface area contributed by atoms with Crippen LogP contribution in [0.15, 0.2) is 18.4 Å².